The molecule has 4 rings (SSSR count). The number of ketones is 1. The first-order chi connectivity index (χ1) is 16.1. The van der Waals surface area contributed by atoms with Gasteiger partial charge in [-0.3, -0.25) is 14.7 Å². The standard InChI is InChI=1S/C25H22N4O3S/c1-17-11-13-19(14-12-17)32-15-22-27-25(29-28-22)33-16-23(30)26-21-10-6-5-9-20(21)24(31)18-7-3-2-4-8-18/h2-14H,15-16H2,1H3,(H,26,30)(H,27,28,29). The minimum absolute atomic E-state index is 0.101. The minimum atomic E-state index is -0.254. The van der Waals surface area contributed by atoms with Gasteiger partial charge in [0.05, 0.1) is 11.4 Å². The molecule has 0 fully saturated rings. The second kappa shape index (κ2) is 10.6. The molecule has 0 atom stereocenters. The maximum absolute atomic E-state index is 12.8. The van der Waals surface area contributed by atoms with Crippen LogP contribution in [0.5, 0.6) is 5.75 Å². The number of hydrogen-bond donors (Lipinski definition) is 2. The van der Waals surface area contributed by atoms with Crippen LogP contribution in [0.2, 0.25) is 0 Å². The maximum Gasteiger partial charge on any atom is 0.234 e. The normalized spacial score (nSPS) is 10.6. The number of ether oxygens (including phenoxy) is 1. The van der Waals surface area contributed by atoms with Gasteiger partial charge < -0.3 is 10.1 Å². The topological polar surface area (TPSA) is 97.0 Å². The summed E-state index contributed by atoms with van der Waals surface area (Å²) in [6, 6.07) is 23.7. The van der Waals surface area contributed by atoms with Crippen molar-refractivity contribution in [1.29, 1.82) is 0 Å². The number of rotatable bonds is 9. The van der Waals surface area contributed by atoms with E-state index < -0.39 is 0 Å². The zero-order valence-corrected chi connectivity index (χ0v) is 18.8. The quantitative estimate of drug-likeness (QED) is 0.280. The van der Waals surface area contributed by atoms with E-state index in [1.165, 1.54) is 11.8 Å². The molecule has 166 valence electrons. The fraction of sp³-hybridized carbons (Fsp3) is 0.120. The Morgan fingerprint density at radius 2 is 1.70 bits per heavy atom. The van der Waals surface area contributed by atoms with Gasteiger partial charge in [0.15, 0.2) is 11.6 Å². The third kappa shape index (κ3) is 6.08. The first-order valence-corrected chi connectivity index (χ1v) is 11.3. The summed E-state index contributed by atoms with van der Waals surface area (Å²) in [5.74, 6) is 1.01. The van der Waals surface area contributed by atoms with Crippen molar-refractivity contribution < 1.29 is 14.3 Å². The van der Waals surface area contributed by atoms with Crippen molar-refractivity contribution in [3.63, 3.8) is 0 Å². The summed E-state index contributed by atoms with van der Waals surface area (Å²) in [4.78, 5) is 29.7. The molecule has 1 heterocycles. The number of amides is 1. The van der Waals surface area contributed by atoms with E-state index in [1.807, 2.05) is 49.4 Å². The molecule has 2 N–H and O–H groups in total. The number of para-hydroxylation sites is 1. The first kappa shape index (κ1) is 22.3. The lowest BCUT2D eigenvalue weighted by molar-refractivity contribution is -0.113. The lowest BCUT2D eigenvalue weighted by Crippen LogP contribution is -2.17. The number of aromatic amines is 1. The largest absolute Gasteiger partial charge is 0.486 e. The SMILES string of the molecule is Cc1ccc(OCc2nc(SCC(=O)Nc3ccccc3C(=O)c3ccccc3)n[nH]2)cc1. The summed E-state index contributed by atoms with van der Waals surface area (Å²) < 4.78 is 5.68. The molecule has 33 heavy (non-hydrogen) atoms. The van der Waals surface area contributed by atoms with Crippen LogP contribution in [0.15, 0.2) is 84.0 Å². The number of aromatic nitrogens is 3. The number of carbonyl (C=O) groups excluding carboxylic acids is 2. The van der Waals surface area contributed by atoms with Gasteiger partial charge in [-0.25, -0.2) is 4.98 Å². The molecule has 0 radical (unpaired) electrons. The number of nitrogens with one attached hydrogen (secondary N) is 2. The molecule has 0 aliphatic carbocycles. The van der Waals surface area contributed by atoms with E-state index in [1.54, 1.807) is 36.4 Å². The second-order valence-electron chi connectivity index (χ2n) is 7.24. The molecule has 3 aromatic carbocycles. The Morgan fingerprint density at radius 1 is 0.970 bits per heavy atom. The molecule has 0 spiro atoms. The van der Waals surface area contributed by atoms with Gasteiger partial charge in [0.1, 0.15) is 12.4 Å². The number of carbonyl (C=O) groups is 2. The molecule has 0 bridgehead atoms. The van der Waals surface area contributed by atoms with Gasteiger partial charge in [-0.2, -0.15) is 0 Å². The Hall–Kier alpha value is -3.91. The van der Waals surface area contributed by atoms with E-state index in [-0.39, 0.29) is 24.1 Å². The van der Waals surface area contributed by atoms with Crippen LogP contribution in [0, 0.1) is 6.92 Å². The third-order valence-electron chi connectivity index (χ3n) is 4.72. The highest BCUT2D eigenvalue weighted by atomic mass is 32.2. The Bertz CT molecular complexity index is 1240. The average molecular weight is 459 g/mol. The molecule has 8 heteroatoms. The third-order valence-corrected chi connectivity index (χ3v) is 5.57. The average Bonchev–Trinajstić information content (AvgIpc) is 3.31. The summed E-state index contributed by atoms with van der Waals surface area (Å²) in [5.41, 5.74) is 2.63. The van der Waals surface area contributed by atoms with Crippen LogP contribution >= 0.6 is 11.8 Å². The Kier molecular flexibility index (Phi) is 7.16. The summed E-state index contributed by atoms with van der Waals surface area (Å²) >= 11 is 1.20. The Morgan fingerprint density at radius 3 is 2.48 bits per heavy atom. The molecular weight excluding hydrogens is 436 g/mol. The predicted molar refractivity (Wildman–Crippen MR) is 128 cm³/mol. The van der Waals surface area contributed by atoms with E-state index in [2.05, 4.69) is 20.5 Å². The van der Waals surface area contributed by atoms with Crippen molar-refractivity contribution in [2.75, 3.05) is 11.1 Å². The minimum Gasteiger partial charge on any atom is -0.486 e. The van der Waals surface area contributed by atoms with Crippen molar-refractivity contribution in [2.24, 2.45) is 0 Å². The summed E-state index contributed by atoms with van der Waals surface area (Å²) in [6.07, 6.45) is 0. The van der Waals surface area contributed by atoms with Gasteiger partial charge in [-0.05, 0) is 31.2 Å². The van der Waals surface area contributed by atoms with Crippen molar-refractivity contribution >= 4 is 29.1 Å². The van der Waals surface area contributed by atoms with Gasteiger partial charge in [-0.1, -0.05) is 71.9 Å². The van der Waals surface area contributed by atoms with Crippen LogP contribution in [0.1, 0.15) is 27.3 Å². The molecule has 0 unspecified atom stereocenters. The monoisotopic (exact) mass is 458 g/mol. The van der Waals surface area contributed by atoms with E-state index >= 15 is 0 Å². The number of benzene rings is 3. The summed E-state index contributed by atoms with van der Waals surface area (Å²) in [5, 5.41) is 10.2. The van der Waals surface area contributed by atoms with E-state index in [0.717, 1.165) is 11.3 Å². The predicted octanol–water partition coefficient (Wildman–Crippen LogP) is 4.65. The van der Waals surface area contributed by atoms with E-state index in [0.29, 0.717) is 27.8 Å². The molecular formula is C25H22N4O3S. The molecule has 0 saturated carbocycles. The van der Waals surface area contributed by atoms with Crippen LogP contribution in [-0.2, 0) is 11.4 Å². The number of anilines is 1. The summed E-state index contributed by atoms with van der Waals surface area (Å²) in [6.45, 7) is 2.26. The zero-order valence-electron chi connectivity index (χ0n) is 17.9. The van der Waals surface area contributed by atoms with Gasteiger partial charge in [0, 0.05) is 11.1 Å². The molecule has 7 nitrogen and oxygen atoms in total. The highest BCUT2D eigenvalue weighted by Gasteiger charge is 2.15. The Balaban J connectivity index is 1.31. The number of thioether (sulfide) groups is 1. The molecule has 4 aromatic rings. The lowest BCUT2D eigenvalue weighted by atomic mass is 10.0. The molecule has 1 amide bonds. The molecule has 0 aliphatic rings. The fourth-order valence-corrected chi connectivity index (χ4v) is 3.66. The van der Waals surface area contributed by atoms with Crippen molar-refractivity contribution in [1.82, 2.24) is 15.2 Å². The van der Waals surface area contributed by atoms with Crippen molar-refractivity contribution in [3.05, 3.63) is 101 Å². The molecule has 1 aromatic heterocycles. The second-order valence-corrected chi connectivity index (χ2v) is 8.19. The number of hydrogen-bond acceptors (Lipinski definition) is 6. The van der Waals surface area contributed by atoms with Gasteiger partial charge in [0.25, 0.3) is 0 Å². The Labute approximate surface area is 195 Å². The van der Waals surface area contributed by atoms with Crippen molar-refractivity contribution in [2.45, 2.75) is 18.7 Å². The molecule has 0 aliphatic heterocycles. The number of nitrogens with zero attached hydrogens (tertiary/aromatic N) is 2. The highest BCUT2D eigenvalue weighted by Crippen LogP contribution is 2.21. The zero-order chi connectivity index (χ0) is 23.0. The van der Waals surface area contributed by atoms with Gasteiger partial charge in [0.2, 0.25) is 11.1 Å². The number of aryl methyl sites for hydroxylation is 1. The van der Waals surface area contributed by atoms with E-state index in [9.17, 15) is 9.59 Å². The highest BCUT2D eigenvalue weighted by molar-refractivity contribution is 7.99. The first-order valence-electron chi connectivity index (χ1n) is 10.3. The van der Waals surface area contributed by atoms with Crippen molar-refractivity contribution in [3.8, 4) is 5.75 Å². The number of H-pyrrole nitrogens is 1. The molecule has 0 saturated heterocycles. The van der Waals surface area contributed by atoms with Crippen LogP contribution < -0.4 is 10.1 Å². The maximum atomic E-state index is 12.8. The summed E-state index contributed by atoms with van der Waals surface area (Å²) in [7, 11) is 0. The van der Waals surface area contributed by atoms with Crippen LogP contribution in [0.25, 0.3) is 0 Å². The fourth-order valence-electron chi connectivity index (χ4n) is 3.04. The van der Waals surface area contributed by atoms with Gasteiger partial charge >= 0.3 is 0 Å². The van der Waals surface area contributed by atoms with Crippen LogP contribution in [-0.4, -0.2) is 32.6 Å². The van der Waals surface area contributed by atoms with Crippen LogP contribution in [0.3, 0.4) is 0 Å². The van der Waals surface area contributed by atoms with Crippen LogP contribution in [0.4, 0.5) is 5.69 Å². The smallest absolute Gasteiger partial charge is 0.234 e. The lowest BCUT2D eigenvalue weighted by Gasteiger charge is -2.10. The van der Waals surface area contributed by atoms with Gasteiger partial charge in [-0.15, -0.1) is 5.10 Å². The van der Waals surface area contributed by atoms with E-state index in [4.69, 9.17) is 4.74 Å².